The van der Waals surface area contributed by atoms with Gasteiger partial charge in [0.15, 0.2) is 5.78 Å². The lowest BCUT2D eigenvalue weighted by atomic mass is 10.0. The number of nitriles is 2. The van der Waals surface area contributed by atoms with Gasteiger partial charge in [-0.3, -0.25) is 4.79 Å². The van der Waals surface area contributed by atoms with Crippen LogP contribution in [0.1, 0.15) is 15.9 Å². The van der Waals surface area contributed by atoms with Crippen molar-refractivity contribution in [2.75, 3.05) is 0 Å². The maximum atomic E-state index is 12.1. The number of nitrogens with two attached hydrogens (primary N) is 1. The number of benzene rings is 1. The summed E-state index contributed by atoms with van der Waals surface area (Å²) in [5.41, 5.74) is 6.21. The first-order valence-corrected chi connectivity index (χ1v) is 5.81. The van der Waals surface area contributed by atoms with Gasteiger partial charge in [-0.25, -0.2) is 0 Å². The molecule has 0 radical (unpaired) electrons. The fourth-order valence-corrected chi connectivity index (χ4v) is 2.24. The minimum atomic E-state index is -0.380. The van der Waals surface area contributed by atoms with Crippen LogP contribution in [-0.2, 0) is 0 Å². The van der Waals surface area contributed by atoms with Crippen LogP contribution in [0.15, 0.2) is 29.5 Å². The third-order valence-corrected chi connectivity index (χ3v) is 3.45. The number of carbonyl (C=O) groups is 1. The molecule has 0 saturated carbocycles. The van der Waals surface area contributed by atoms with E-state index in [1.165, 1.54) is 12.1 Å². The van der Waals surface area contributed by atoms with Gasteiger partial charge in [-0.05, 0) is 17.7 Å². The molecule has 0 atom stereocenters. The van der Waals surface area contributed by atoms with Gasteiger partial charge in [0.2, 0.25) is 0 Å². The summed E-state index contributed by atoms with van der Waals surface area (Å²) in [5, 5.41) is 18.4. The Morgan fingerprint density at radius 1 is 1.16 bits per heavy atom. The summed E-state index contributed by atoms with van der Waals surface area (Å²) in [7, 11) is 0. The monoisotopic (exact) mass is 289 g/mol. The SMILES string of the molecule is N#CC(C#N)=C1/C(=C\N)C(=O)c2cc(Cl)c(Cl)cc21. The lowest BCUT2D eigenvalue weighted by Gasteiger charge is -2.02. The van der Waals surface area contributed by atoms with Gasteiger partial charge in [0.05, 0.1) is 10.0 Å². The molecule has 0 bridgehead atoms. The fraction of sp³-hybridized carbons (Fsp3) is 0. The van der Waals surface area contributed by atoms with Crippen LogP contribution in [0.25, 0.3) is 5.57 Å². The van der Waals surface area contributed by atoms with E-state index in [-0.39, 0.29) is 38.1 Å². The van der Waals surface area contributed by atoms with Crippen molar-refractivity contribution in [3.05, 3.63) is 50.7 Å². The first kappa shape index (κ1) is 13.2. The van der Waals surface area contributed by atoms with Crippen LogP contribution >= 0.6 is 23.2 Å². The number of halogens is 2. The number of rotatable bonds is 0. The van der Waals surface area contributed by atoms with Gasteiger partial charge in [0.25, 0.3) is 0 Å². The summed E-state index contributed by atoms with van der Waals surface area (Å²) < 4.78 is 0. The van der Waals surface area contributed by atoms with Crippen LogP contribution in [0.4, 0.5) is 0 Å². The number of nitrogens with zero attached hydrogens (tertiary/aromatic N) is 2. The molecule has 0 amide bonds. The molecule has 0 aromatic heterocycles. The molecule has 1 aromatic carbocycles. The molecule has 0 unspecified atom stereocenters. The molecule has 2 rings (SSSR count). The summed E-state index contributed by atoms with van der Waals surface area (Å²) in [6.45, 7) is 0. The van der Waals surface area contributed by atoms with Crippen LogP contribution in [-0.4, -0.2) is 5.78 Å². The third kappa shape index (κ3) is 1.88. The quantitative estimate of drug-likeness (QED) is 0.587. The number of ketones is 1. The Morgan fingerprint density at radius 3 is 2.16 bits per heavy atom. The van der Waals surface area contributed by atoms with Gasteiger partial charge in [-0.15, -0.1) is 0 Å². The maximum absolute atomic E-state index is 12.1. The smallest absolute Gasteiger partial charge is 0.195 e. The van der Waals surface area contributed by atoms with E-state index in [1.54, 1.807) is 12.1 Å². The lowest BCUT2D eigenvalue weighted by molar-refractivity contribution is 0.104. The number of carbonyl (C=O) groups excluding carboxylic acids is 1. The van der Waals surface area contributed by atoms with Gasteiger partial charge in [0, 0.05) is 22.9 Å². The predicted octanol–water partition coefficient (Wildman–Crippen LogP) is 2.83. The largest absolute Gasteiger partial charge is 0.404 e. The highest BCUT2D eigenvalue weighted by Crippen LogP contribution is 2.41. The Labute approximate surface area is 118 Å². The molecule has 0 heterocycles. The Kier molecular flexibility index (Phi) is 3.31. The zero-order chi connectivity index (χ0) is 14.2. The van der Waals surface area contributed by atoms with Gasteiger partial charge < -0.3 is 5.73 Å². The number of Topliss-reactive ketones (excluding diaryl/α,β-unsaturated/α-hetero) is 1. The predicted molar refractivity (Wildman–Crippen MR) is 71.2 cm³/mol. The average molecular weight is 290 g/mol. The second-order valence-electron chi connectivity index (χ2n) is 3.69. The van der Waals surface area contributed by atoms with Crippen molar-refractivity contribution in [1.29, 1.82) is 10.5 Å². The van der Waals surface area contributed by atoms with Crippen LogP contribution in [0.5, 0.6) is 0 Å². The number of allylic oxidation sites excluding steroid dienone is 3. The van der Waals surface area contributed by atoms with E-state index in [2.05, 4.69) is 0 Å². The molecule has 0 aliphatic heterocycles. The number of fused-ring (bicyclic) bond motifs is 1. The van der Waals surface area contributed by atoms with E-state index >= 15 is 0 Å². The third-order valence-electron chi connectivity index (χ3n) is 2.73. The molecular formula is C13H5Cl2N3O. The van der Waals surface area contributed by atoms with E-state index in [1.807, 2.05) is 0 Å². The van der Waals surface area contributed by atoms with Crippen molar-refractivity contribution in [1.82, 2.24) is 0 Å². The highest BCUT2D eigenvalue weighted by molar-refractivity contribution is 6.43. The lowest BCUT2D eigenvalue weighted by Crippen LogP contribution is -1.98. The summed E-state index contributed by atoms with van der Waals surface area (Å²) in [5.74, 6) is -0.380. The Bertz CT molecular complexity index is 732. The second-order valence-corrected chi connectivity index (χ2v) is 4.51. The van der Waals surface area contributed by atoms with Crippen LogP contribution in [0, 0.1) is 22.7 Å². The first-order valence-electron chi connectivity index (χ1n) is 5.06. The van der Waals surface area contributed by atoms with Crippen molar-refractivity contribution in [2.24, 2.45) is 5.73 Å². The standard InChI is InChI=1S/C13H5Cl2N3O/c14-10-1-7-8(2-11(10)15)13(19)9(5-18)12(7)6(3-16)4-17/h1-2,5H,18H2/b9-5+. The fourth-order valence-electron chi connectivity index (χ4n) is 1.91. The molecular weight excluding hydrogens is 285 g/mol. The van der Waals surface area contributed by atoms with Crippen LogP contribution in [0.3, 0.4) is 0 Å². The van der Waals surface area contributed by atoms with Crippen molar-refractivity contribution < 1.29 is 4.79 Å². The molecule has 1 aromatic rings. The highest BCUT2D eigenvalue weighted by atomic mass is 35.5. The summed E-state index contributed by atoms with van der Waals surface area (Å²) >= 11 is 11.8. The van der Waals surface area contributed by atoms with Gasteiger partial charge in [-0.1, -0.05) is 23.2 Å². The van der Waals surface area contributed by atoms with E-state index < -0.39 is 0 Å². The van der Waals surface area contributed by atoms with Crippen molar-refractivity contribution in [2.45, 2.75) is 0 Å². The minimum Gasteiger partial charge on any atom is -0.404 e. The van der Waals surface area contributed by atoms with Crippen molar-refractivity contribution >= 4 is 34.6 Å². The molecule has 92 valence electrons. The van der Waals surface area contributed by atoms with Gasteiger partial charge in [-0.2, -0.15) is 10.5 Å². The van der Waals surface area contributed by atoms with Crippen LogP contribution < -0.4 is 5.73 Å². The Hall–Kier alpha value is -2.27. The van der Waals surface area contributed by atoms with E-state index in [9.17, 15) is 4.79 Å². The molecule has 6 heteroatoms. The topological polar surface area (TPSA) is 90.7 Å². The van der Waals surface area contributed by atoms with Crippen molar-refractivity contribution in [3.8, 4) is 12.1 Å². The molecule has 1 aliphatic rings. The number of hydrogen-bond donors (Lipinski definition) is 1. The van der Waals surface area contributed by atoms with Gasteiger partial charge in [0.1, 0.15) is 17.7 Å². The zero-order valence-corrected chi connectivity index (χ0v) is 10.9. The maximum Gasteiger partial charge on any atom is 0.195 e. The molecule has 0 spiro atoms. The van der Waals surface area contributed by atoms with E-state index in [0.29, 0.717) is 5.56 Å². The Balaban J connectivity index is 2.91. The Morgan fingerprint density at radius 2 is 1.68 bits per heavy atom. The summed E-state index contributed by atoms with van der Waals surface area (Å²) in [6, 6.07) is 6.36. The van der Waals surface area contributed by atoms with E-state index in [0.717, 1.165) is 6.20 Å². The first-order chi connectivity index (χ1) is 9.04. The second kappa shape index (κ2) is 4.78. The average Bonchev–Trinajstić information content (AvgIpc) is 2.65. The normalized spacial score (nSPS) is 15.1. The highest BCUT2D eigenvalue weighted by Gasteiger charge is 2.33. The molecule has 0 saturated heterocycles. The van der Waals surface area contributed by atoms with E-state index in [4.69, 9.17) is 39.5 Å². The molecule has 0 fully saturated rings. The molecule has 1 aliphatic carbocycles. The minimum absolute atomic E-state index is 0.103. The molecule has 2 N–H and O–H groups in total. The van der Waals surface area contributed by atoms with Crippen LogP contribution in [0.2, 0.25) is 10.0 Å². The summed E-state index contributed by atoms with van der Waals surface area (Å²) in [4.78, 5) is 12.1. The van der Waals surface area contributed by atoms with Crippen molar-refractivity contribution in [3.63, 3.8) is 0 Å². The zero-order valence-electron chi connectivity index (χ0n) is 9.37. The number of hydrogen-bond acceptors (Lipinski definition) is 4. The van der Waals surface area contributed by atoms with Gasteiger partial charge >= 0.3 is 0 Å². The molecule has 4 nitrogen and oxygen atoms in total. The summed E-state index contributed by atoms with van der Waals surface area (Å²) in [6.07, 6.45) is 1.08. The molecule has 19 heavy (non-hydrogen) atoms.